The Morgan fingerprint density at radius 1 is 1.44 bits per heavy atom. The summed E-state index contributed by atoms with van der Waals surface area (Å²) in [5.74, 6) is 0.647. The predicted molar refractivity (Wildman–Crippen MR) is 69.8 cm³/mol. The molecule has 0 saturated carbocycles. The number of Topliss-reactive ketones (excluding diaryl/α,β-unsaturated/α-hetero) is 1. The number of halogens is 1. The molecule has 0 spiro atoms. The molecule has 2 nitrogen and oxygen atoms in total. The molecule has 0 radical (unpaired) electrons. The van der Waals surface area contributed by atoms with Crippen LogP contribution < -0.4 is 4.90 Å². The number of rotatable bonds is 3. The van der Waals surface area contributed by atoms with Crippen molar-refractivity contribution in [1.82, 2.24) is 0 Å². The summed E-state index contributed by atoms with van der Waals surface area (Å²) in [5.41, 5.74) is 1.22. The molecule has 1 aromatic carbocycles. The molecule has 0 aromatic heterocycles. The van der Waals surface area contributed by atoms with Crippen LogP contribution in [0.3, 0.4) is 0 Å². The molecule has 0 aliphatic carbocycles. The van der Waals surface area contributed by atoms with Gasteiger partial charge < -0.3 is 4.90 Å². The average Bonchev–Trinajstić information content (AvgIpc) is 2.78. The molecule has 16 heavy (non-hydrogen) atoms. The smallest absolute Gasteiger partial charge is 0.137 e. The molecule has 1 heterocycles. The van der Waals surface area contributed by atoms with Gasteiger partial charge in [0.1, 0.15) is 5.78 Å². The van der Waals surface area contributed by atoms with Gasteiger partial charge in [-0.15, -0.1) is 0 Å². The Balaban J connectivity index is 2.03. The number of anilines is 1. The van der Waals surface area contributed by atoms with E-state index in [9.17, 15) is 4.79 Å². The Morgan fingerprint density at radius 2 is 2.12 bits per heavy atom. The lowest BCUT2D eigenvalue weighted by molar-refractivity contribution is -0.121. The summed E-state index contributed by atoms with van der Waals surface area (Å²) in [6.45, 7) is 3.83. The van der Waals surface area contributed by atoms with Crippen molar-refractivity contribution in [1.29, 1.82) is 0 Å². The SMILES string of the molecule is CCC(=O)C1CCN(c2ccc(Br)cc2)C1. The maximum Gasteiger partial charge on any atom is 0.137 e. The van der Waals surface area contributed by atoms with Gasteiger partial charge in [0.25, 0.3) is 0 Å². The highest BCUT2D eigenvalue weighted by Crippen LogP contribution is 2.26. The molecule has 1 fully saturated rings. The van der Waals surface area contributed by atoms with Crippen LogP contribution in [0.15, 0.2) is 28.7 Å². The van der Waals surface area contributed by atoms with Gasteiger partial charge in [-0.3, -0.25) is 4.79 Å². The molecule has 1 saturated heterocycles. The molecule has 0 amide bonds. The van der Waals surface area contributed by atoms with E-state index in [0.717, 1.165) is 24.0 Å². The van der Waals surface area contributed by atoms with Crippen molar-refractivity contribution in [3.63, 3.8) is 0 Å². The molecule has 0 N–H and O–H groups in total. The maximum absolute atomic E-state index is 11.6. The number of carbonyl (C=O) groups is 1. The van der Waals surface area contributed by atoms with Crippen molar-refractivity contribution >= 4 is 27.4 Å². The summed E-state index contributed by atoms with van der Waals surface area (Å²) < 4.78 is 1.09. The van der Waals surface area contributed by atoms with E-state index in [1.54, 1.807) is 0 Å². The van der Waals surface area contributed by atoms with Crippen LogP contribution in [0.25, 0.3) is 0 Å². The summed E-state index contributed by atoms with van der Waals surface area (Å²) in [7, 11) is 0. The Labute approximate surface area is 105 Å². The minimum Gasteiger partial charge on any atom is -0.371 e. The Kier molecular flexibility index (Phi) is 3.64. The monoisotopic (exact) mass is 281 g/mol. The second kappa shape index (κ2) is 5.00. The second-order valence-electron chi connectivity index (χ2n) is 4.23. The first-order chi connectivity index (χ1) is 7.70. The third-order valence-corrected chi connectivity index (χ3v) is 3.71. The quantitative estimate of drug-likeness (QED) is 0.848. The molecule has 1 aliphatic heterocycles. The normalized spacial score (nSPS) is 20.1. The topological polar surface area (TPSA) is 20.3 Å². The van der Waals surface area contributed by atoms with E-state index in [4.69, 9.17) is 0 Å². The fourth-order valence-electron chi connectivity index (χ4n) is 2.20. The van der Waals surface area contributed by atoms with Gasteiger partial charge in [-0.2, -0.15) is 0 Å². The van der Waals surface area contributed by atoms with E-state index in [1.165, 1.54) is 5.69 Å². The number of hydrogen-bond acceptors (Lipinski definition) is 2. The fraction of sp³-hybridized carbons (Fsp3) is 0.462. The van der Waals surface area contributed by atoms with Crippen molar-refractivity contribution in [3.8, 4) is 0 Å². The van der Waals surface area contributed by atoms with Crippen LogP contribution in [0, 0.1) is 5.92 Å². The summed E-state index contributed by atoms with van der Waals surface area (Å²) in [6.07, 6.45) is 1.67. The zero-order chi connectivity index (χ0) is 11.5. The average molecular weight is 282 g/mol. The van der Waals surface area contributed by atoms with E-state index < -0.39 is 0 Å². The number of carbonyl (C=O) groups excluding carboxylic acids is 1. The number of benzene rings is 1. The summed E-state index contributed by atoms with van der Waals surface area (Å²) in [5, 5.41) is 0. The lowest BCUT2D eigenvalue weighted by Gasteiger charge is -2.18. The number of nitrogens with zero attached hydrogens (tertiary/aromatic N) is 1. The van der Waals surface area contributed by atoms with Gasteiger partial charge >= 0.3 is 0 Å². The highest BCUT2D eigenvalue weighted by Gasteiger charge is 2.26. The van der Waals surface area contributed by atoms with Crippen molar-refractivity contribution < 1.29 is 4.79 Å². The molecular weight excluding hydrogens is 266 g/mol. The third kappa shape index (κ3) is 2.46. The van der Waals surface area contributed by atoms with Crippen LogP contribution >= 0.6 is 15.9 Å². The lowest BCUT2D eigenvalue weighted by atomic mass is 10.0. The second-order valence-corrected chi connectivity index (χ2v) is 5.14. The molecule has 86 valence electrons. The first kappa shape index (κ1) is 11.6. The van der Waals surface area contributed by atoms with E-state index in [2.05, 4.69) is 33.0 Å². The zero-order valence-corrected chi connectivity index (χ0v) is 11.0. The first-order valence-corrected chi connectivity index (χ1v) is 6.53. The van der Waals surface area contributed by atoms with Crippen LogP contribution in [0.4, 0.5) is 5.69 Å². The van der Waals surface area contributed by atoms with Crippen molar-refractivity contribution in [2.75, 3.05) is 18.0 Å². The van der Waals surface area contributed by atoms with Crippen molar-refractivity contribution in [2.24, 2.45) is 5.92 Å². The molecular formula is C13H16BrNO. The Bertz CT molecular complexity index is 374. The van der Waals surface area contributed by atoms with Gasteiger partial charge in [-0.05, 0) is 30.7 Å². The van der Waals surface area contributed by atoms with Gasteiger partial charge in [-0.1, -0.05) is 22.9 Å². The van der Waals surface area contributed by atoms with Gasteiger partial charge in [0, 0.05) is 35.6 Å². The Hall–Kier alpha value is -0.830. The van der Waals surface area contributed by atoms with Crippen molar-refractivity contribution in [2.45, 2.75) is 19.8 Å². The standard InChI is InChI=1S/C13H16BrNO/c1-2-13(16)10-7-8-15(9-10)12-5-3-11(14)4-6-12/h3-6,10H,2,7-9H2,1H3. The molecule has 0 bridgehead atoms. The predicted octanol–water partition coefficient (Wildman–Crippen LogP) is 3.25. The molecule has 1 atom stereocenters. The Morgan fingerprint density at radius 3 is 2.75 bits per heavy atom. The van der Waals surface area contributed by atoms with E-state index >= 15 is 0 Å². The molecule has 1 aliphatic rings. The van der Waals surface area contributed by atoms with Crippen LogP contribution in [-0.2, 0) is 4.79 Å². The van der Waals surface area contributed by atoms with Gasteiger partial charge in [-0.25, -0.2) is 0 Å². The zero-order valence-electron chi connectivity index (χ0n) is 9.45. The van der Waals surface area contributed by atoms with Gasteiger partial charge in [0.2, 0.25) is 0 Å². The summed E-state index contributed by atoms with van der Waals surface area (Å²) in [6, 6.07) is 8.29. The van der Waals surface area contributed by atoms with E-state index in [0.29, 0.717) is 12.2 Å². The van der Waals surface area contributed by atoms with E-state index in [1.807, 2.05) is 19.1 Å². The third-order valence-electron chi connectivity index (χ3n) is 3.18. The van der Waals surface area contributed by atoms with Crippen molar-refractivity contribution in [3.05, 3.63) is 28.7 Å². The lowest BCUT2D eigenvalue weighted by Crippen LogP contribution is -2.22. The van der Waals surface area contributed by atoms with Crippen LogP contribution in [-0.4, -0.2) is 18.9 Å². The van der Waals surface area contributed by atoms with Gasteiger partial charge in [0.05, 0.1) is 0 Å². The number of ketones is 1. The molecule has 2 rings (SSSR count). The first-order valence-electron chi connectivity index (χ1n) is 5.74. The van der Waals surface area contributed by atoms with E-state index in [-0.39, 0.29) is 5.92 Å². The molecule has 1 aromatic rings. The molecule has 1 unspecified atom stereocenters. The highest BCUT2D eigenvalue weighted by atomic mass is 79.9. The van der Waals surface area contributed by atoms with Crippen LogP contribution in [0.2, 0.25) is 0 Å². The highest BCUT2D eigenvalue weighted by molar-refractivity contribution is 9.10. The maximum atomic E-state index is 11.6. The fourth-order valence-corrected chi connectivity index (χ4v) is 2.46. The number of hydrogen-bond donors (Lipinski definition) is 0. The summed E-state index contributed by atoms with van der Waals surface area (Å²) in [4.78, 5) is 13.9. The minimum atomic E-state index is 0.244. The summed E-state index contributed by atoms with van der Waals surface area (Å²) >= 11 is 3.43. The van der Waals surface area contributed by atoms with Gasteiger partial charge in [0.15, 0.2) is 0 Å². The van der Waals surface area contributed by atoms with Crippen LogP contribution in [0.5, 0.6) is 0 Å². The van der Waals surface area contributed by atoms with Crippen LogP contribution in [0.1, 0.15) is 19.8 Å². The minimum absolute atomic E-state index is 0.244. The molecule has 3 heteroatoms. The largest absolute Gasteiger partial charge is 0.371 e.